The van der Waals surface area contributed by atoms with Crippen LogP contribution < -0.4 is 10.6 Å². The first kappa shape index (κ1) is 14.8. The third-order valence-corrected chi connectivity index (χ3v) is 3.54. The highest BCUT2D eigenvalue weighted by Crippen LogP contribution is 2.22. The number of rotatable bonds is 4. The summed E-state index contributed by atoms with van der Waals surface area (Å²) in [7, 11) is 0. The number of urea groups is 1. The van der Waals surface area contributed by atoms with Crippen molar-refractivity contribution in [1.29, 1.82) is 0 Å². The van der Waals surface area contributed by atoms with Crippen molar-refractivity contribution in [2.75, 3.05) is 5.32 Å². The van der Waals surface area contributed by atoms with Gasteiger partial charge in [0.05, 0.1) is 11.6 Å². The summed E-state index contributed by atoms with van der Waals surface area (Å²) < 4.78 is 0. The summed E-state index contributed by atoms with van der Waals surface area (Å²) in [6, 6.07) is 12.5. The molecule has 5 nitrogen and oxygen atoms in total. The monoisotopic (exact) mass is 286 g/mol. The second-order valence-corrected chi connectivity index (χ2v) is 5.04. The quantitative estimate of drug-likeness (QED) is 0.808. The lowest BCUT2D eigenvalue weighted by atomic mass is 10.0. The van der Waals surface area contributed by atoms with E-state index in [2.05, 4.69) is 10.6 Å². The average molecular weight is 286 g/mol. The van der Waals surface area contributed by atoms with Crippen molar-refractivity contribution in [1.82, 2.24) is 5.32 Å². The minimum Gasteiger partial charge on any atom is -0.481 e. The van der Waals surface area contributed by atoms with Crippen molar-refractivity contribution in [3.05, 3.63) is 42.5 Å². The summed E-state index contributed by atoms with van der Waals surface area (Å²) in [5, 5.41) is 16.3. The average Bonchev–Trinajstić information content (AvgIpc) is 2.46. The van der Waals surface area contributed by atoms with Crippen molar-refractivity contribution in [2.24, 2.45) is 5.92 Å². The molecule has 21 heavy (non-hydrogen) atoms. The summed E-state index contributed by atoms with van der Waals surface area (Å²) in [6.07, 6.45) is 0. The predicted molar refractivity (Wildman–Crippen MR) is 82.4 cm³/mol. The summed E-state index contributed by atoms with van der Waals surface area (Å²) in [5.41, 5.74) is 0.695. The molecule has 0 saturated carbocycles. The maximum atomic E-state index is 12.0. The number of fused-ring (bicyclic) bond motifs is 1. The Hall–Kier alpha value is -2.56. The van der Waals surface area contributed by atoms with Gasteiger partial charge in [0, 0.05) is 11.4 Å². The van der Waals surface area contributed by atoms with Gasteiger partial charge in [-0.25, -0.2) is 4.79 Å². The summed E-state index contributed by atoms with van der Waals surface area (Å²) in [4.78, 5) is 22.9. The molecule has 0 aromatic heterocycles. The van der Waals surface area contributed by atoms with Crippen LogP contribution >= 0.6 is 0 Å². The van der Waals surface area contributed by atoms with Crippen LogP contribution in [0.25, 0.3) is 10.8 Å². The Labute approximate surface area is 123 Å². The van der Waals surface area contributed by atoms with E-state index >= 15 is 0 Å². The van der Waals surface area contributed by atoms with Crippen molar-refractivity contribution in [3.63, 3.8) is 0 Å². The molecule has 3 N–H and O–H groups in total. The lowest BCUT2D eigenvalue weighted by Crippen LogP contribution is -2.42. The van der Waals surface area contributed by atoms with Crippen LogP contribution in [0, 0.1) is 5.92 Å². The van der Waals surface area contributed by atoms with E-state index in [1.54, 1.807) is 13.8 Å². The molecule has 0 aliphatic heterocycles. The van der Waals surface area contributed by atoms with Gasteiger partial charge in [0.1, 0.15) is 0 Å². The summed E-state index contributed by atoms with van der Waals surface area (Å²) >= 11 is 0. The normalized spacial score (nSPS) is 13.4. The van der Waals surface area contributed by atoms with Gasteiger partial charge in [0.15, 0.2) is 0 Å². The van der Waals surface area contributed by atoms with Crippen LogP contribution in [0.4, 0.5) is 10.5 Å². The molecule has 5 heteroatoms. The van der Waals surface area contributed by atoms with Crippen LogP contribution in [0.15, 0.2) is 42.5 Å². The zero-order valence-corrected chi connectivity index (χ0v) is 12.0. The number of carbonyl (C=O) groups is 2. The van der Waals surface area contributed by atoms with Crippen LogP contribution in [0.1, 0.15) is 13.8 Å². The molecule has 2 atom stereocenters. The first-order valence-electron chi connectivity index (χ1n) is 6.77. The molecule has 0 aliphatic rings. The maximum absolute atomic E-state index is 12.0. The molecular formula is C16H18N2O3. The van der Waals surface area contributed by atoms with Gasteiger partial charge in [-0.3, -0.25) is 4.79 Å². The molecular weight excluding hydrogens is 268 g/mol. The van der Waals surface area contributed by atoms with Crippen molar-refractivity contribution >= 4 is 28.5 Å². The van der Waals surface area contributed by atoms with Gasteiger partial charge in [-0.1, -0.05) is 36.4 Å². The Morgan fingerprint density at radius 1 is 1.05 bits per heavy atom. The zero-order valence-electron chi connectivity index (χ0n) is 12.0. The van der Waals surface area contributed by atoms with Gasteiger partial charge in [0.2, 0.25) is 0 Å². The van der Waals surface area contributed by atoms with E-state index < -0.39 is 24.0 Å². The van der Waals surface area contributed by atoms with Crippen molar-refractivity contribution in [3.8, 4) is 0 Å². The van der Waals surface area contributed by atoms with E-state index in [0.717, 1.165) is 10.8 Å². The van der Waals surface area contributed by atoms with Gasteiger partial charge in [-0.15, -0.1) is 0 Å². The molecule has 0 fully saturated rings. The predicted octanol–water partition coefficient (Wildman–Crippen LogP) is 3.07. The fourth-order valence-corrected chi connectivity index (χ4v) is 2.04. The number of nitrogens with one attached hydrogen (secondary N) is 2. The van der Waals surface area contributed by atoms with Crippen LogP contribution in [0.5, 0.6) is 0 Å². The molecule has 0 aliphatic carbocycles. The number of hydrogen-bond acceptors (Lipinski definition) is 2. The molecule has 110 valence electrons. The fourth-order valence-electron chi connectivity index (χ4n) is 2.04. The standard InChI is InChI=1S/C16H18N2O3/c1-10(15(19)20)11(2)17-16(21)18-14-9-5-7-12-6-3-4-8-13(12)14/h3-11H,1-2H3,(H,19,20)(H2,17,18,21). The number of carbonyl (C=O) groups excluding carboxylic acids is 1. The highest BCUT2D eigenvalue weighted by molar-refractivity contribution is 6.01. The van der Waals surface area contributed by atoms with Crippen LogP contribution in [0.3, 0.4) is 0 Å². The number of carboxylic acid groups (broad SMARTS) is 1. The Kier molecular flexibility index (Phi) is 4.42. The van der Waals surface area contributed by atoms with Gasteiger partial charge < -0.3 is 15.7 Å². The molecule has 0 radical (unpaired) electrons. The number of amides is 2. The third kappa shape index (κ3) is 3.51. The smallest absolute Gasteiger partial charge is 0.319 e. The first-order chi connectivity index (χ1) is 9.99. The van der Waals surface area contributed by atoms with Crippen LogP contribution in [0.2, 0.25) is 0 Å². The lowest BCUT2D eigenvalue weighted by Gasteiger charge is -2.18. The Morgan fingerprint density at radius 3 is 2.43 bits per heavy atom. The van der Waals surface area contributed by atoms with E-state index in [0.29, 0.717) is 5.69 Å². The van der Waals surface area contributed by atoms with Crippen LogP contribution in [-0.2, 0) is 4.79 Å². The lowest BCUT2D eigenvalue weighted by molar-refractivity contribution is -0.141. The number of hydrogen-bond donors (Lipinski definition) is 3. The molecule has 0 bridgehead atoms. The zero-order chi connectivity index (χ0) is 15.4. The minimum absolute atomic E-state index is 0.410. The topological polar surface area (TPSA) is 78.4 Å². The number of benzene rings is 2. The van der Waals surface area contributed by atoms with E-state index in [4.69, 9.17) is 5.11 Å². The van der Waals surface area contributed by atoms with Gasteiger partial charge in [-0.2, -0.15) is 0 Å². The number of aliphatic carboxylic acids is 1. The Morgan fingerprint density at radius 2 is 1.71 bits per heavy atom. The van der Waals surface area contributed by atoms with Crippen molar-refractivity contribution in [2.45, 2.75) is 19.9 Å². The van der Waals surface area contributed by atoms with Crippen LogP contribution in [-0.4, -0.2) is 23.1 Å². The number of carboxylic acids is 1. The molecule has 0 spiro atoms. The molecule has 2 aromatic rings. The number of anilines is 1. The van der Waals surface area contributed by atoms with E-state index in [1.165, 1.54) is 0 Å². The SMILES string of the molecule is CC(NC(=O)Nc1cccc2ccccc12)C(C)C(=O)O. The maximum Gasteiger partial charge on any atom is 0.319 e. The van der Waals surface area contributed by atoms with Gasteiger partial charge in [0.25, 0.3) is 0 Å². The van der Waals surface area contributed by atoms with E-state index in [1.807, 2.05) is 42.5 Å². The highest BCUT2D eigenvalue weighted by Gasteiger charge is 2.21. The summed E-state index contributed by atoms with van der Waals surface area (Å²) in [6.45, 7) is 3.23. The molecule has 2 rings (SSSR count). The Bertz CT molecular complexity index is 664. The third-order valence-electron chi connectivity index (χ3n) is 3.54. The molecule has 2 aromatic carbocycles. The van der Waals surface area contributed by atoms with E-state index in [-0.39, 0.29) is 0 Å². The summed E-state index contributed by atoms with van der Waals surface area (Å²) in [5.74, 6) is -1.59. The second-order valence-electron chi connectivity index (χ2n) is 5.04. The molecule has 2 amide bonds. The highest BCUT2D eigenvalue weighted by atomic mass is 16.4. The molecule has 0 saturated heterocycles. The van der Waals surface area contributed by atoms with Gasteiger partial charge >= 0.3 is 12.0 Å². The largest absolute Gasteiger partial charge is 0.481 e. The Balaban J connectivity index is 2.10. The minimum atomic E-state index is -0.937. The van der Waals surface area contributed by atoms with Gasteiger partial charge in [-0.05, 0) is 25.3 Å². The molecule has 2 unspecified atom stereocenters. The van der Waals surface area contributed by atoms with Crippen molar-refractivity contribution < 1.29 is 14.7 Å². The second kappa shape index (κ2) is 6.26. The molecule has 0 heterocycles. The first-order valence-corrected chi connectivity index (χ1v) is 6.77. The fraction of sp³-hybridized carbons (Fsp3) is 0.250. The van der Waals surface area contributed by atoms with E-state index in [9.17, 15) is 9.59 Å².